The molecule has 0 aliphatic carbocycles. The second-order valence-electron chi connectivity index (χ2n) is 7.26. The zero-order valence-corrected chi connectivity index (χ0v) is 17.6. The lowest BCUT2D eigenvalue weighted by molar-refractivity contribution is -0.113. The van der Waals surface area contributed by atoms with Crippen molar-refractivity contribution in [3.05, 3.63) is 46.3 Å². The molecule has 26 heavy (non-hydrogen) atoms. The number of aryl methyl sites for hydroxylation is 2. The number of carbonyl (C=O) groups excluding carboxylic acids is 1. The van der Waals surface area contributed by atoms with E-state index >= 15 is 0 Å². The Labute approximate surface area is 161 Å². The lowest BCUT2D eigenvalue weighted by atomic mass is 9.92. The SMILES string of the molecule is Cc1nc(SCC(=O)Nc2c(C(C)C)cccc2C(C)C)nc(C)c1C. The number of nitrogens with one attached hydrogen (secondary N) is 1. The molecule has 0 saturated heterocycles. The molecule has 2 rings (SSSR count). The van der Waals surface area contributed by atoms with E-state index in [1.807, 2.05) is 20.8 Å². The van der Waals surface area contributed by atoms with Gasteiger partial charge in [0.15, 0.2) is 5.16 Å². The maximum atomic E-state index is 12.6. The minimum atomic E-state index is -0.0236. The van der Waals surface area contributed by atoms with Gasteiger partial charge in [-0.1, -0.05) is 57.7 Å². The van der Waals surface area contributed by atoms with Gasteiger partial charge < -0.3 is 5.32 Å². The number of aromatic nitrogens is 2. The van der Waals surface area contributed by atoms with Gasteiger partial charge in [0.2, 0.25) is 5.91 Å². The standard InChI is InChI=1S/C21H29N3OS/c1-12(2)17-9-8-10-18(13(3)4)20(17)24-19(25)11-26-21-22-15(6)14(5)16(7)23-21/h8-10,12-13H,11H2,1-7H3,(H,24,25). The Balaban J connectivity index is 2.15. The summed E-state index contributed by atoms with van der Waals surface area (Å²) in [5.41, 5.74) is 6.34. The van der Waals surface area contributed by atoms with Crippen molar-refractivity contribution in [2.45, 2.75) is 65.5 Å². The molecule has 2 aromatic rings. The van der Waals surface area contributed by atoms with Crippen molar-refractivity contribution in [1.29, 1.82) is 0 Å². The zero-order valence-electron chi connectivity index (χ0n) is 16.8. The number of para-hydroxylation sites is 1. The topological polar surface area (TPSA) is 54.9 Å². The van der Waals surface area contributed by atoms with E-state index in [9.17, 15) is 4.79 Å². The summed E-state index contributed by atoms with van der Waals surface area (Å²) in [6.45, 7) is 14.6. The number of hydrogen-bond acceptors (Lipinski definition) is 4. The maximum absolute atomic E-state index is 12.6. The van der Waals surface area contributed by atoms with Crippen molar-refractivity contribution in [2.24, 2.45) is 0 Å². The van der Waals surface area contributed by atoms with E-state index in [1.54, 1.807) is 0 Å². The molecular formula is C21H29N3OS. The minimum Gasteiger partial charge on any atom is -0.325 e. The maximum Gasteiger partial charge on any atom is 0.234 e. The van der Waals surface area contributed by atoms with E-state index in [1.165, 1.54) is 22.9 Å². The highest BCUT2D eigenvalue weighted by molar-refractivity contribution is 7.99. The normalized spacial score (nSPS) is 11.3. The molecule has 1 aromatic heterocycles. The fraction of sp³-hybridized carbons (Fsp3) is 0.476. The Morgan fingerprint density at radius 2 is 1.50 bits per heavy atom. The number of hydrogen-bond donors (Lipinski definition) is 1. The Hall–Kier alpha value is -1.88. The van der Waals surface area contributed by atoms with Gasteiger partial charge in [-0.3, -0.25) is 4.79 Å². The second-order valence-corrected chi connectivity index (χ2v) is 8.20. The van der Waals surface area contributed by atoms with Crippen LogP contribution in [0.15, 0.2) is 23.4 Å². The van der Waals surface area contributed by atoms with Crippen LogP contribution in [0.1, 0.15) is 67.6 Å². The van der Waals surface area contributed by atoms with E-state index in [0.717, 1.165) is 22.6 Å². The van der Waals surface area contributed by atoms with Gasteiger partial charge in [-0.2, -0.15) is 0 Å². The molecule has 0 aliphatic rings. The molecular weight excluding hydrogens is 342 g/mol. The Kier molecular flexibility index (Phi) is 6.81. The predicted molar refractivity (Wildman–Crippen MR) is 110 cm³/mol. The summed E-state index contributed by atoms with van der Waals surface area (Å²) in [7, 11) is 0. The molecule has 1 aromatic carbocycles. The molecule has 0 aliphatic heterocycles. The fourth-order valence-electron chi connectivity index (χ4n) is 2.81. The molecule has 1 amide bonds. The third-order valence-electron chi connectivity index (χ3n) is 4.58. The van der Waals surface area contributed by atoms with Crippen molar-refractivity contribution in [1.82, 2.24) is 9.97 Å². The molecule has 0 unspecified atom stereocenters. The summed E-state index contributed by atoms with van der Waals surface area (Å²) in [5.74, 6) is 0.973. The number of thioether (sulfide) groups is 1. The molecule has 4 nitrogen and oxygen atoms in total. The molecule has 140 valence electrons. The highest BCUT2D eigenvalue weighted by Gasteiger charge is 2.16. The molecule has 0 bridgehead atoms. The molecule has 1 heterocycles. The van der Waals surface area contributed by atoms with Crippen LogP contribution in [0.2, 0.25) is 0 Å². The number of nitrogens with zero attached hydrogens (tertiary/aromatic N) is 2. The molecule has 0 radical (unpaired) electrons. The van der Waals surface area contributed by atoms with Crippen LogP contribution in [0.3, 0.4) is 0 Å². The molecule has 5 heteroatoms. The first-order chi connectivity index (χ1) is 12.2. The minimum absolute atomic E-state index is 0.0236. The van der Waals surface area contributed by atoms with Crippen LogP contribution in [0, 0.1) is 20.8 Å². The largest absolute Gasteiger partial charge is 0.325 e. The predicted octanol–water partition coefficient (Wildman–Crippen LogP) is 5.38. The number of rotatable bonds is 6. The van der Waals surface area contributed by atoms with Crippen LogP contribution < -0.4 is 5.32 Å². The monoisotopic (exact) mass is 371 g/mol. The van der Waals surface area contributed by atoms with Gasteiger partial charge >= 0.3 is 0 Å². The van der Waals surface area contributed by atoms with Crippen molar-refractivity contribution >= 4 is 23.4 Å². The van der Waals surface area contributed by atoms with Crippen molar-refractivity contribution in [3.8, 4) is 0 Å². The average Bonchev–Trinajstić information content (AvgIpc) is 2.57. The Bertz CT molecular complexity index is 751. The van der Waals surface area contributed by atoms with Gasteiger partial charge in [0.25, 0.3) is 0 Å². The zero-order chi connectivity index (χ0) is 19.4. The molecule has 0 fully saturated rings. The van der Waals surface area contributed by atoms with Gasteiger partial charge in [0.1, 0.15) is 0 Å². The highest BCUT2D eigenvalue weighted by Crippen LogP contribution is 2.32. The van der Waals surface area contributed by atoms with Gasteiger partial charge in [0.05, 0.1) is 5.75 Å². The summed E-state index contributed by atoms with van der Waals surface area (Å²) in [5, 5.41) is 3.79. The van der Waals surface area contributed by atoms with E-state index in [4.69, 9.17) is 0 Å². The van der Waals surface area contributed by atoms with Crippen molar-refractivity contribution < 1.29 is 4.79 Å². The smallest absolute Gasteiger partial charge is 0.234 e. The summed E-state index contributed by atoms with van der Waals surface area (Å²) >= 11 is 1.38. The summed E-state index contributed by atoms with van der Waals surface area (Å²) < 4.78 is 0. The van der Waals surface area contributed by atoms with Crippen LogP contribution in [0.25, 0.3) is 0 Å². The van der Waals surface area contributed by atoms with Gasteiger partial charge in [-0.05, 0) is 49.3 Å². The molecule has 1 N–H and O–H groups in total. The van der Waals surface area contributed by atoms with E-state index in [2.05, 4.69) is 61.2 Å². The Morgan fingerprint density at radius 3 is 1.96 bits per heavy atom. The van der Waals surface area contributed by atoms with Crippen molar-refractivity contribution in [3.63, 3.8) is 0 Å². The van der Waals surface area contributed by atoms with Gasteiger partial charge in [-0.15, -0.1) is 0 Å². The number of anilines is 1. The quantitative estimate of drug-likeness (QED) is 0.547. The van der Waals surface area contributed by atoms with E-state index < -0.39 is 0 Å². The average molecular weight is 372 g/mol. The summed E-state index contributed by atoms with van der Waals surface area (Å²) in [6, 6.07) is 6.25. The molecule has 0 saturated carbocycles. The summed E-state index contributed by atoms with van der Waals surface area (Å²) in [6.07, 6.45) is 0. The molecule has 0 atom stereocenters. The number of carbonyl (C=O) groups is 1. The van der Waals surface area contributed by atoms with Gasteiger partial charge in [0, 0.05) is 17.1 Å². The van der Waals surface area contributed by atoms with Crippen LogP contribution in [0.5, 0.6) is 0 Å². The first kappa shape index (κ1) is 20.4. The second kappa shape index (κ2) is 8.67. The number of benzene rings is 1. The van der Waals surface area contributed by atoms with E-state index in [0.29, 0.717) is 22.7 Å². The molecule has 0 spiro atoms. The Morgan fingerprint density at radius 1 is 1.00 bits per heavy atom. The van der Waals surface area contributed by atoms with Crippen LogP contribution in [0.4, 0.5) is 5.69 Å². The fourth-order valence-corrected chi connectivity index (χ4v) is 3.54. The van der Waals surface area contributed by atoms with E-state index in [-0.39, 0.29) is 5.91 Å². The number of amides is 1. The van der Waals surface area contributed by atoms with Gasteiger partial charge in [-0.25, -0.2) is 9.97 Å². The van der Waals surface area contributed by atoms with Crippen LogP contribution >= 0.6 is 11.8 Å². The third-order valence-corrected chi connectivity index (χ3v) is 5.43. The highest BCUT2D eigenvalue weighted by atomic mass is 32.2. The lowest BCUT2D eigenvalue weighted by Crippen LogP contribution is -2.18. The van der Waals surface area contributed by atoms with Crippen LogP contribution in [-0.4, -0.2) is 21.6 Å². The van der Waals surface area contributed by atoms with Crippen LogP contribution in [-0.2, 0) is 4.79 Å². The lowest BCUT2D eigenvalue weighted by Gasteiger charge is -2.20. The third kappa shape index (κ3) is 4.85. The first-order valence-corrected chi connectivity index (χ1v) is 10.1. The van der Waals surface area contributed by atoms with Crippen molar-refractivity contribution in [2.75, 3.05) is 11.1 Å². The first-order valence-electron chi connectivity index (χ1n) is 9.08. The summed E-state index contributed by atoms with van der Waals surface area (Å²) in [4.78, 5) is 21.5.